The van der Waals surface area contributed by atoms with Gasteiger partial charge in [-0.1, -0.05) is 6.07 Å². The first-order valence-corrected chi connectivity index (χ1v) is 5.13. The van der Waals surface area contributed by atoms with Crippen LogP contribution in [-0.2, 0) is 11.3 Å². The van der Waals surface area contributed by atoms with Gasteiger partial charge in [-0.05, 0) is 25.0 Å². The number of pyridine rings is 1. The summed E-state index contributed by atoms with van der Waals surface area (Å²) >= 11 is 0. The predicted molar refractivity (Wildman–Crippen MR) is 58.1 cm³/mol. The topological polar surface area (TPSA) is 42.0 Å². The minimum absolute atomic E-state index is 0.218. The number of nitrogens with zero attached hydrogens (tertiary/aromatic N) is 1. The molecule has 0 aliphatic heterocycles. The van der Waals surface area contributed by atoms with Crippen LogP contribution in [0.15, 0.2) is 30.1 Å². The number of nitrogens with one attached hydrogen (secondary N) is 1. The number of rotatable bonds is 3. The molecule has 15 heavy (non-hydrogen) atoms. The second kappa shape index (κ2) is 4.26. The molecule has 0 radical (unpaired) electrons. The maximum absolute atomic E-state index is 11.0. The molecule has 1 heterocycles. The third-order valence-electron chi connectivity index (χ3n) is 2.58. The molecule has 3 nitrogen and oxygen atoms in total. The lowest BCUT2D eigenvalue weighted by molar-refractivity contribution is -0.114. The molecule has 1 aromatic heterocycles. The molecular formula is C12H14N2O. The lowest BCUT2D eigenvalue weighted by atomic mass is 10.2. The number of aromatic nitrogens is 1. The molecule has 0 atom stereocenters. The number of ketones is 1. The zero-order valence-corrected chi connectivity index (χ0v) is 8.79. The van der Waals surface area contributed by atoms with Crippen molar-refractivity contribution in [3.05, 3.63) is 41.4 Å². The van der Waals surface area contributed by atoms with Gasteiger partial charge in [-0.3, -0.25) is 9.78 Å². The van der Waals surface area contributed by atoms with E-state index in [2.05, 4.69) is 10.3 Å². The van der Waals surface area contributed by atoms with Gasteiger partial charge < -0.3 is 5.32 Å². The van der Waals surface area contributed by atoms with E-state index in [1.54, 1.807) is 12.3 Å². The molecule has 0 fully saturated rings. The summed E-state index contributed by atoms with van der Waals surface area (Å²) in [6.07, 6.45) is 4.96. The van der Waals surface area contributed by atoms with E-state index < -0.39 is 0 Å². The van der Waals surface area contributed by atoms with Gasteiger partial charge in [0.2, 0.25) is 0 Å². The van der Waals surface area contributed by atoms with E-state index in [1.165, 1.54) is 5.56 Å². The van der Waals surface area contributed by atoms with Crippen molar-refractivity contribution < 1.29 is 4.79 Å². The van der Waals surface area contributed by atoms with Crippen molar-refractivity contribution in [2.75, 3.05) is 0 Å². The summed E-state index contributed by atoms with van der Waals surface area (Å²) in [7, 11) is 0. The van der Waals surface area contributed by atoms with Crippen LogP contribution >= 0.6 is 0 Å². The molecule has 0 spiro atoms. The highest BCUT2D eigenvalue weighted by Crippen LogP contribution is 2.12. The number of hydrogen-bond donors (Lipinski definition) is 1. The second-order valence-corrected chi connectivity index (χ2v) is 3.76. The average Bonchev–Trinajstić information content (AvgIpc) is 2.63. The summed E-state index contributed by atoms with van der Waals surface area (Å²) in [5, 5.41) is 3.25. The molecule has 1 aliphatic carbocycles. The van der Waals surface area contributed by atoms with E-state index in [1.807, 2.05) is 19.1 Å². The van der Waals surface area contributed by atoms with Crippen molar-refractivity contribution in [2.45, 2.75) is 26.3 Å². The van der Waals surface area contributed by atoms with E-state index in [4.69, 9.17) is 0 Å². The van der Waals surface area contributed by atoms with Crippen molar-refractivity contribution in [1.29, 1.82) is 0 Å². The van der Waals surface area contributed by atoms with Crippen molar-refractivity contribution in [3.8, 4) is 0 Å². The summed E-state index contributed by atoms with van der Waals surface area (Å²) < 4.78 is 0. The van der Waals surface area contributed by atoms with Crippen LogP contribution in [0.4, 0.5) is 0 Å². The molecule has 3 heteroatoms. The molecule has 0 bridgehead atoms. The minimum Gasteiger partial charge on any atom is -0.383 e. The molecule has 0 saturated carbocycles. The van der Waals surface area contributed by atoms with Crippen LogP contribution in [-0.4, -0.2) is 10.8 Å². The summed E-state index contributed by atoms with van der Waals surface area (Å²) in [6, 6.07) is 3.97. The largest absolute Gasteiger partial charge is 0.383 e. The first-order valence-electron chi connectivity index (χ1n) is 5.13. The highest BCUT2D eigenvalue weighted by atomic mass is 16.1. The van der Waals surface area contributed by atoms with E-state index >= 15 is 0 Å². The molecule has 1 aromatic rings. The molecular weight excluding hydrogens is 188 g/mol. The van der Waals surface area contributed by atoms with E-state index in [-0.39, 0.29) is 5.78 Å². The number of carbonyl (C=O) groups is 1. The number of allylic oxidation sites excluding steroid dienone is 2. The lowest BCUT2D eigenvalue weighted by Crippen LogP contribution is -2.13. The van der Waals surface area contributed by atoms with E-state index in [0.29, 0.717) is 13.0 Å². The zero-order chi connectivity index (χ0) is 10.7. The molecule has 0 aromatic carbocycles. The average molecular weight is 202 g/mol. The quantitative estimate of drug-likeness (QED) is 0.811. The maximum Gasteiger partial charge on any atom is 0.157 e. The smallest absolute Gasteiger partial charge is 0.157 e. The monoisotopic (exact) mass is 202 g/mol. The Hall–Kier alpha value is -1.64. The van der Waals surface area contributed by atoms with Gasteiger partial charge in [0.05, 0.1) is 12.2 Å². The van der Waals surface area contributed by atoms with Crippen LogP contribution < -0.4 is 5.32 Å². The van der Waals surface area contributed by atoms with Gasteiger partial charge in [0.15, 0.2) is 5.78 Å². The standard InChI is InChI=1S/C12H14N2O/c1-9-3-2-6-13-12(9)8-14-10-4-5-11(15)7-10/h2-3,6-7,14H,4-5,8H2,1H3. The highest BCUT2D eigenvalue weighted by molar-refractivity contribution is 5.92. The predicted octanol–water partition coefficient (Wildman–Crippen LogP) is 1.73. The zero-order valence-electron chi connectivity index (χ0n) is 8.79. The molecule has 0 unspecified atom stereocenters. The normalized spacial score (nSPS) is 15.3. The first-order chi connectivity index (χ1) is 7.25. The Balaban J connectivity index is 1.97. The van der Waals surface area contributed by atoms with Gasteiger partial charge in [0.25, 0.3) is 0 Å². The van der Waals surface area contributed by atoms with Gasteiger partial charge >= 0.3 is 0 Å². The number of aryl methyl sites for hydroxylation is 1. The molecule has 1 aliphatic rings. The fourth-order valence-corrected chi connectivity index (χ4v) is 1.64. The summed E-state index contributed by atoms with van der Waals surface area (Å²) in [5.41, 5.74) is 3.25. The van der Waals surface area contributed by atoms with Gasteiger partial charge in [0.1, 0.15) is 0 Å². The first kappa shape index (κ1) is 9.90. The molecule has 1 N–H and O–H groups in total. The van der Waals surface area contributed by atoms with Crippen LogP contribution in [0.25, 0.3) is 0 Å². The fourth-order valence-electron chi connectivity index (χ4n) is 1.64. The SMILES string of the molecule is Cc1cccnc1CNC1=CC(=O)CC1. The summed E-state index contributed by atoms with van der Waals surface area (Å²) in [6.45, 7) is 2.74. The van der Waals surface area contributed by atoms with Gasteiger partial charge in [-0.15, -0.1) is 0 Å². The van der Waals surface area contributed by atoms with Crippen LogP contribution in [0.5, 0.6) is 0 Å². The van der Waals surface area contributed by atoms with Crippen LogP contribution in [0.1, 0.15) is 24.1 Å². The Labute approximate surface area is 89.2 Å². The van der Waals surface area contributed by atoms with Crippen molar-refractivity contribution in [2.24, 2.45) is 0 Å². The molecule has 2 rings (SSSR count). The third-order valence-corrected chi connectivity index (χ3v) is 2.58. The van der Waals surface area contributed by atoms with Crippen molar-refractivity contribution in [1.82, 2.24) is 10.3 Å². The Kier molecular flexibility index (Phi) is 2.81. The Morgan fingerprint density at radius 3 is 3.00 bits per heavy atom. The van der Waals surface area contributed by atoms with Gasteiger partial charge in [-0.25, -0.2) is 0 Å². The van der Waals surface area contributed by atoms with Gasteiger partial charge in [-0.2, -0.15) is 0 Å². The summed E-state index contributed by atoms with van der Waals surface area (Å²) in [5.74, 6) is 0.218. The van der Waals surface area contributed by atoms with Gasteiger partial charge in [0, 0.05) is 24.4 Å². The highest BCUT2D eigenvalue weighted by Gasteiger charge is 2.11. The Morgan fingerprint density at radius 1 is 1.47 bits per heavy atom. The van der Waals surface area contributed by atoms with E-state index in [9.17, 15) is 4.79 Å². The molecule has 78 valence electrons. The van der Waals surface area contributed by atoms with Crippen LogP contribution in [0.3, 0.4) is 0 Å². The second-order valence-electron chi connectivity index (χ2n) is 3.76. The number of carbonyl (C=O) groups excluding carboxylic acids is 1. The van der Waals surface area contributed by atoms with E-state index in [0.717, 1.165) is 17.8 Å². The van der Waals surface area contributed by atoms with Crippen molar-refractivity contribution >= 4 is 5.78 Å². The summed E-state index contributed by atoms with van der Waals surface area (Å²) in [4.78, 5) is 15.3. The molecule has 0 saturated heterocycles. The van der Waals surface area contributed by atoms with Crippen LogP contribution in [0, 0.1) is 6.92 Å². The van der Waals surface area contributed by atoms with Crippen LogP contribution in [0.2, 0.25) is 0 Å². The Morgan fingerprint density at radius 2 is 2.33 bits per heavy atom. The number of hydrogen-bond acceptors (Lipinski definition) is 3. The maximum atomic E-state index is 11.0. The van der Waals surface area contributed by atoms with Crippen molar-refractivity contribution in [3.63, 3.8) is 0 Å². The third kappa shape index (κ3) is 2.43. The molecule has 0 amide bonds. The Bertz CT molecular complexity index is 410. The minimum atomic E-state index is 0.218. The fraction of sp³-hybridized carbons (Fsp3) is 0.333. The lowest BCUT2D eigenvalue weighted by Gasteiger charge is -2.07.